The summed E-state index contributed by atoms with van der Waals surface area (Å²) in [5.41, 5.74) is 6.21. The van der Waals surface area contributed by atoms with Crippen LogP contribution in [0.25, 0.3) is 10.9 Å². The number of thioether (sulfide) groups is 1. The van der Waals surface area contributed by atoms with Gasteiger partial charge < -0.3 is 25.4 Å². The maximum atomic E-state index is 13.7. The maximum absolute atomic E-state index is 13.7. The minimum atomic E-state index is -1.10. The molecule has 1 aromatic heterocycles. The lowest BCUT2D eigenvalue weighted by Gasteiger charge is -2.36. The molecule has 1 fully saturated rings. The highest BCUT2D eigenvalue weighted by Crippen LogP contribution is 2.40. The Morgan fingerprint density at radius 3 is 2.36 bits per heavy atom. The van der Waals surface area contributed by atoms with Crippen LogP contribution in [-0.2, 0) is 14.3 Å². The van der Waals surface area contributed by atoms with Gasteiger partial charge in [0.2, 0.25) is 5.91 Å². The summed E-state index contributed by atoms with van der Waals surface area (Å²) in [6, 6.07) is 3.08. The molecule has 0 spiro atoms. The van der Waals surface area contributed by atoms with E-state index in [0.717, 1.165) is 0 Å². The Hall–Kier alpha value is -2.76. The molecule has 10 nitrogen and oxygen atoms in total. The van der Waals surface area contributed by atoms with Gasteiger partial charge >= 0.3 is 12.1 Å². The van der Waals surface area contributed by atoms with E-state index in [1.807, 2.05) is 0 Å². The van der Waals surface area contributed by atoms with Gasteiger partial charge in [-0.25, -0.2) is 4.79 Å². The molecule has 0 radical (unpaired) electrons. The van der Waals surface area contributed by atoms with Crippen molar-refractivity contribution in [2.45, 2.75) is 30.6 Å². The molecule has 2 aromatic rings. The Morgan fingerprint density at radius 1 is 1.17 bits per heavy atom. The van der Waals surface area contributed by atoms with E-state index in [0.29, 0.717) is 20.8 Å². The van der Waals surface area contributed by atoms with E-state index in [1.165, 1.54) is 27.6 Å². The van der Waals surface area contributed by atoms with Gasteiger partial charge in [0, 0.05) is 47.9 Å². The van der Waals surface area contributed by atoms with Crippen LogP contribution in [0.15, 0.2) is 17.0 Å². The summed E-state index contributed by atoms with van der Waals surface area (Å²) in [5, 5.41) is 10.4. The largest absolute Gasteiger partial charge is 0.481 e. The Morgan fingerprint density at radius 2 is 1.81 bits per heavy atom. The number of aliphatic carboxylic acids is 1. The Labute approximate surface area is 222 Å². The molecule has 3 N–H and O–H groups in total. The van der Waals surface area contributed by atoms with Crippen LogP contribution in [0, 0.1) is 0 Å². The molecule has 1 unspecified atom stereocenters. The third-order valence-electron chi connectivity index (χ3n) is 5.83. The number of pyridine rings is 1. The summed E-state index contributed by atoms with van der Waals surface area (Å²) in [6.45, 7) is 2.89. The molecule has 1 aromatic carbocycles. The number of amides is 3. The van der Waals surface area contributed by atoms with Crippen LogP contribution in [0.3, 0.4) is 0 Å². The predicted octanol–water partition coefficient (Wildman–Crippen LogP) is 3.61. The molecule has 1 aliphatic heterocycles. The Kier molecular flexibility index (Phi) is 9.26. The SMILES string of the molecule is CCOC(=O)N1CCN(C(=O)C(CCC(=O)O)c2nc3cc(Cl)cc(Cl)c3c(SC)c2C(N)=O)CC1. The molecule has 3 rings (SSSR count). The lowest BCUT2D eigenvalue weighted by Crippen LogP contribution is -2.52. The fourth-order valence-electron chi connectivity index (χ4n) is 4.18. The molecule has 1 aliphatic rings. The molecular formula is C23H26Cl2N4O6S. The first-order valence-corrected chi connectivity index (χ1v) is 13.2. The van der Waals surface area contributed by atoms with Crippen molar-refractivity contribution < 1.29 is 29.0 Å². The monoisotopic (exact) mass is 556 g/mol. The number of carboxylic acid groups (broad SMARTS) is 1. The minimum absolute atomic E-state index is 0.0214. The number of ether oxygens (including phenoxy) is 1. The molecule has 0 bridgehead atoms. The number of carboxylic acids is 1. The fourth-order valence-corrected chi connectivity index (χ4v) is 5.65. The van der Waals surface area contributed by atoms with Crippen LogP contribution < -0.4 is 5.73 Å². The number of fused-ring (bicyclic) bond motifs is 1. The zero-order valence-electron chi connectivity index (χ0n) is 19.8. The standard InChI is InChI=1S/C23H26Cl2N4O6S/c1-3-35-23(34)29-8-6-28(7-9-29)22(33)13(4-5-16(30)31)19-18(21(26)32)20(36-2)17-14(25)10-12(24)11-15(17)27-19/h10-11,13H,3-9H2,1-2H3,(H2,26,32)(H,30,31). The number of aromatic nitrogens is 1. The summed E-state index contributed by atoms with van der Waals surface area (Å²) in [7, 11) is 0. The summed E-state index contributed by atoms with van der Waals surface area (Å²) in [5.74, 6) is -3.38. The van der Waals surface area contributed by atoms with Crippen molar-refractivity contribution in [3.8, 4) is 0 Å². The number of carbonyl (C=O) groups excluding carboxylic acids is 3. The van der Waals surface area contributed by atoms with Gasteiger partial charge in [-0.1, -0.05) is 23.2 Å². The first-order chi connectivity index (χ1) is 17.1. The molecule has 36 heavy (non-hydrogen) atoms. The van der Waals surface area contributed by atoms with Gasteiger partial charge in [0.25, 0.3) is 5.91 Å². The third kappa shape index (κ3) is 5.96. The van der Waals surface area contributed by atoms with Crippen molar-refractivity contribution >= 4 is 69.7 Å². The van der Waals surface area contributed by atoms with Gasteiger partial charge in [-0.3, -0.25) is 19.4 Å². The topological polar surface area (TPSA) is 143 Å². The quantitative estimate of drug-likeness (QED) is 0.469. The van der Waals surface area contributed by atoms with Crippen molar-refractivity contribution in [3.05, 3.63) is 33.4 Å². The van der Waals surface area contributed by atoms with Crippen molar-refractivity contribution in [3.63, 3.8) is 0 Å². The average Bonchev–Trinajstić information content (AvgIpc) is 2.82. The smallest absolute Gasteiger partial charge is 0.409 e. The van der Waals surface area contributed by atoms with E-state index < -0.39 is 29.8 Å². The van der Waals surface area contributed by atoms with E-state index >= 15 is 0 Å². The lowest BCUT2D eigenvalue weighted by atomic mass is 9.92. The van der Waals surface area contributed by atoms with Gasteiger partial charge in [0.15, 0.2) is 0 Å². The lowest BCUT2D eigenvalue weighted by molar-refractivity contribution is -0.138. The van der Waals surface area contributed by atoms with Crippen LogP contribution in [0.5, 0.6) is 0 Å². The number of hydrogen-bond donors (Lipinski definition) is 2. The molecule has 1 atom stereocenters. The molecule has 0 aliphatic carbocycles. The second-order valence-electron chi connectivity index (χ2n) is 8.05. The van der Waals surface area contributed by atoms with E-state index in [4.69, 9.17) is 33.7 Å². The zero-order valence-corrected chi connectivity index (χ0v) is 22.1. The average molecular weight is 557 g/mol. The van der Waals surface area contributed by atoms with Crippen LogP contribution >= 0.6 is 35.0 Å². The highest BCUT2D eigenvalue weighted by Gasteiger charge is 2.35. The first kappa shape index (κ1) is 27.8. The number of piperazine rings is 1. The van der Waals surface area contributed by atoms with Gasteiger partial charge in [-0.15, -0.1) is 11.8 Å². The molecule has 13 heteroatoms. The Balaban J connectivity index is 2.08. The highest BCUT2D eigenvalue weighted by molar-refractivity contribution is 7.99. The van der Waals surface area contributed by atoms with Crippen LogP contribution in [0.4, 0.5) is 4.79 Å². The summed E-state index contributed by atoms with van der Waals surface area (Å²) in [6.07, 6.45) is 0.839. The van der Waals surface area contributed by atoms with Gasteiger partial charge in [-0.2, -0.15) is 0 Å². The molecule has 1 saturated heterocycles. The number of nitrogens with zero attached hydrogens (tertiary/aromatic N) is 3. The maximum Gasteiger partial charge on any atom is 0.409 e. The number of carbonyl (C=O) groups is 4. The van der Waals surface area contributed by atoms with E-state index in [9.17, 15) is 24.3 Å². The molecule has 2 heterocycles. The third-order valence-corrected chi connectivity index (χ3v) is 7.16. The summed E-state index contributed by atoms with van der Waals surface area (Å²) in [4.78, 5) is 57.8. The molecular weight excluding hydrogens is 531 g/mol. The fraction of sp³-hybridized carbons (Fsp3) is 0.435. The summed E-state index contributed by atoms with van der Waals surface area (Å²) < 4.78 is 5.02. The first-order valence-electron chi connectivity index (χ1n) is 11.2. The number of benzene rings is 1. The van der Waals surface area contributed by atoms with Crippen molar-refractivity contribution in [1.82, 2.24) is 14.8 Å². The van der Waals surface area contributed by atoms with E-state index in [2.05, 4.69) is 4.98 Å². The number of halogens is 2. The second kappa shape index (κ2) is 12.0. The van der Waals surface area contributed by atoms with Crippen molar-refractivity contribution in [1.29, 1.82) is 0 Å². The van der Waals surface area contributed by atoms with E-state index in [1.54, 1.807) is 19.2 Å². The predicted molar refractivity (Wildman–Crippen MR) is 137 cm³/mol. The normalized spacial score (nSPS) is 14.6. The second-order valence-corrected chi connectivity index (χ2v) is 9.71. The van der Waals surface area contributed by atoms with Gasteiger partial charge in [-0.05, 0) is 31.7 Å². The Bertz CT molecular complexity index is 1200. The number of rotatable bonds is 8. The van der Waals surface area contributed by atoms with Gasteiger partial charge in [0.1, 0.15) is 0 Å². The van der Waals surface area contributed by atoms with E-state index in [-0.39, 0.29) is 61.9 Å². The van der Waals surface area contributed by atoms with Crippen molar-refractivity contribution in [2.75, 3.05) is 39.0 Å². The highest BCUT2D eigenvalue weighted by atomic mass is 35.5. The number of hydrogen-bond acceptors (Lipinski definition) is 7. The van der Waals surface area contributed by atoms with Crippen LogP contribution in [-0.4, -0.2) is 82.8 Å². The minimum Gasteiger partial charge on any atom is -0.481 e. The van der Waals surface area contributed by atoms with Crippen molar-refractivity contribution in [2.24, 2.45) is 5.73 Å². The van der Waals surface area contributed by atoms with Crippen LogP contribution in [0.2, 0.25) is 10.0 Å². The number of nitrogens with two attached hydrogens (primary N) is 1. The number of primary amides is 1. The molecule has 194 valence electrons. The summed E-state index contributed by atoms with van der Waals surface area (Å²) >= 11 is 13.8. The van der Waals surface area contributed by atoms with Crippen LogP contribution in [0.1, 0.15) is 41.7 Å². The van der Waals surface area contributed by atoms with Gasteiger partial charge in [0.05, 0.1) is 34.3 Å². The molecule has 0 saturated carbocycles. The zero-order chi connectivity index (χ0) is 26.6. The molecule has 3 amide bonds.